The first-order chi connectivity index (χ1) is 8.06. The van der Waals surface area contributed by atoms with Crippen molar-refractivity contribution in [2.45, 2.75) is 59.0 Å². The molecule has 0 spiro atoms. The van der Waals surface area contributed by atoms with Gasteiger partial charge >= 0.3 is 0 Å². The van der Waals surface area contributed by atoms with E-state index in [4.69, 9.17) is 0 Å². The highest BCUT2D eigenvalue weighted by atomic mass is 79.9. The normalized spacial score (nSPS) is 12.8. The minimum absolute atomic E-state index is 0.307. The van der Waals surface area contributed by atoms with Crippen LogP contribution >= 0.6 is 15.9 Å². The summed E-state index contributed by atoms with van der Waals surface area (Å²) in [5.41, 5.74) is 3.45. The molecule has 1 nitrogen and oxygen atoms in total. The molecule has 0 radical (unpaired) electrons. The fourth-order valence-electron chi connectivity index (χ4n) is 2.08. The first-order valence-electron chi connectivity index (χ1n) is 6.51. The molecular formula is C15H23BrO. The lowest BCUT2D eigenvalue weighted by molar-refractivity contribution is 0.162. The smallest absolute Gasteiger partial charge is 0.0792 e. The van der Waals surface area contributed by atoms with E-state index in [1.807, 2.05) is 0 Å². The average molecular weight is 299 g/mol. The highest BCUT2D eigenvalue weighted by Crippen LogP contribution is 2.28. The zero-order valence-electron chi connectivity index (χ0n) is 11.1. The van der Waals surface area contributed by atoms with Gasteiger partial charge in [0.1, 0.15) is 0 Å². The monoisotopic (exact) mass is 298 g/mol. The molecule has 0 heterocycles. The van der Waals surface area contributed by atoms with Gasteiger partial charge in [0.15, 0.2) is 0 Å². The maximum absolute atomic E-state index is 10.2. The zero-order chi connectivity index (χ0) is 12.8. The van der Waals surface area contributed by atoms with Gasteiger partial charge in [-0.3, -0.25) is 0 Å². The summed E-state index contributed by atoms with van der Waals surface area (Å²) in [4.78, 5) is 0. The summed E-state index contributed by atoms with van der Waals surface area (Å²) >= 11 is 3.52. The fraction of sp³-hybridized carbons (Fsp3) is 0.600. The van der Waals surface area contributed by atoms with E-state index in [0.717, 1.165) is 22.9 Å². The molecule has 1 unspecified atom stereocenters. The Morgan fingerprint density at radius 1 is 1.12 bits per heavy atom. The van der Waals surface area contributed by atoms with Crippen LogP contribution in [0.25, 0.3) is 0 Å². The number of halogens is 1. The second kappa shape index (κ2) is 7.17. The number of aliphatic hydroxyl groups is 1. The summed E-state index contributed by atoms with van der Waals surface area (Å²) in [6, 6.07) is 4.20. The van der Waals surface area contributed by atoms with Crippen molar-refractivity contribution in [2.75, 3.05) is 0 Å². The molecule has 0 aromatic heterocycles. The van der Waals surface area contributed by atoms with Gasteiger partial charge in [0.2, 0.25) is 0 Å². The molecule has 17 heavy (non-hydrogen) atoms. The molecule has 0 saturated carbocycles. The van der Waals surface area contributed by atoms with Gasteiger partial charge in [0, 0.05) is 4.47 Å². The molecule has 0 aliphatic rings. The van der Waals surface area contributed by atoms with E-state index in [1.165, 1.54) is 30.4 Å². The molecule has 0 fully saturated rings. The number of unbranched alkanes of at least 4 members (excludes halogenated alkanes) is 3. The maximum Gasteiger partial charge on any atom is 0.0792 e. The fourth-order valence-corrected chi connectivity index (χ4v) is 2.54. The molecule has 0 amide bonds. The zero-order valence-corrected chi connectivity index (χ0v) is 12.7. The lowest BCUT2D eigenvalue weighted by Crippen LogP contribution is -2.01. The first-order valence-corrected chi connectivity index (χ1v) is 7.30. The lowest BCUT2D eigenvalue weighted by atomic mass is 9.97. The van der Waals surface area contributed by atoms with Gasteiger partial charge in [-0.2, -0.15) is 0 Å². The third-order valence-corrected chi connectivity index (χ3v) is 4.09. The molecule has 1 aromatic rings. The molecule has 0 aliphatic carbocycles. The number of aliphatic hydroxyl groups excluding tert-OH is 1. The van der Waals surface area contributed by atoms with Crippen LogP contribution in [0.15, 0.2) is 16.6 Å². The summed E-state index contributed by atoms with van der Waals surface area (Å²) in [6.45, 7) is 6.34. The highest BCUT2D eigenvalue weighted by molar-refractivity contribution is 9.10. The van der Waals surface area contributed by atoms with E-state index in [-0.39, 0.29) is 6.10 Å². The number of benzene rings is 1. The highest BCUT2D eigenvalue weighted by Gasteiger charge is 2.11. The van der Waals surface area contributed by atoms with Gasteiger partial charge in [0.05, 0.1) is 6.10 Å². The third-order valence-electron chi connectivity index (χ3n) is 3.24. The van der Waals surface area contributed by atoms with Crippen LogP contribution in [0.3, 0.4) is 0 Å². The van der Waals surface area contributed by atoms with Crippen LogP contribution in [-0.2, 0) is 0 Å². The van der Waals surface area contributed by atoms with Crippen molar-refractivity contribution >= 4 is 15.9 Å². The van der Waals surface area contributed by atoms with Gasteiger partial charge in [-0.15, -0.1) is 0 Å². The Morgan fingerprint density at radius 2 is 1.82 bits per heavy atom. The van der Waals surface area contributed by atoms with Gasteiger partial charge in [-0.05, 0) is 43.0 Å². The Balaban J connectivity index is 2.62. The van der Waals surface area contributed by atoms with Gasteiger partial charge in [0.25, 0.3) is 0 Å². The summed E-state index contributed by atoms with van der Waals surface area (Å²) in [6.07, 6.45) is 5.42. The van der Waals surface area contributed by atoms with E-state index in [1.54, 1.807) is 0 Å². The number of aryl methyl sites for hydroxylation is 2. The Labute approximate surface area is 113 Å². The summed E-state index contributed by atoms with van der Waals surface area (Å²) < 4.78 is 1.12. The molecule has 1 N–H and O–H groups in total. The average Bonchev–Trinajstić information content (AvgIpc) is 2.29. The predicted molar refractivity (Wildman–Crippen MR) is 77.3 cm³/mol. The SMILES string of the molecule is CCCCCCC(O)c1cc(C)c(Br)cc1C. The van der Waals surface area contributed by atoms with Gasteiger partial charge < -0.3 is 5.11 Å². The Kier molecular flexibility index (Phi) is 6.21. The van der Waals surface area contributed by atoms with E-state index in [9.17, 15) is 5.11 Å². The van der Waals surface area contributed by atoms with Gasteiger partial charge in [-0.25, -0.2) is 0 Å². The second-order valence-corrected chi connectivity index (χ2v) is 5.68. The largest absolute Gasteiger partial charge is 0.388 e. The van der Waals surface area contributed by atoms with Crippen molar-refractivity contribution in [1.82, 2.24) is 0 Å². The second-order valence-electron chi connectivity index (χ2n) is 4.82. The quantitative estimate of drug-likeness (QED) is 0.727. The van der Waals surface area contributed by atoms with Crippen LogP contribution in [0.2, 0.25) is 0 Å². The van der Waals surface area contributed by atoms with Crippen LogP contribution in [0.4, 0.5) is 0 Å². The molecule has 0 bridgehead atoms. The van der Waals surface area contributed by atoms with Crippen molar-refractivity contribution in [3.8, 4) is 0 Å². The Hall–Kier alpha value is -0.340. The van der Waals surface area contributed by atoms with Gasteiger partial charge in [-0.1, -0.05) is 54.6 Å². The summed E-state index contributed by atoms with van der Waals surface area (Å²) in [5.74, 6) is 0. The van der Waals surface area contributed by atoms with Crippen LogP contribution in [0, 0.1) is 13.8 Å². The number of rotatable bonds is 6. The summed E-state index contributed by atoms with van der Waals surface area (Å²) in [7, 11) is 0. The standard InChI is InChI=1S/C15H23BrO/c1-4-5-6-7-8-15(17)13-9-12(3)14(16)10-11(13)2/h9-10,15,17H,4-8H2,1-3H3. The minimum atomic E-state index is -0.307. The summed E-state index contributed by atoms with van der Waals surface area (Å²) in [5, 5.41) is 10.2. The predicted octanol–water partition coefficient (Wildman–Crippen LogP) is 5.07. The Bertz CT molecular complexity index is 360. The molecule has 2 heteroatoms. The third kappa shape index (κ3) is 4.44. The van der Waals surface area contributed by atoms with E-state index < -0.39 is 0 Å². The van der Waals surface area contributed by atoms with Crippen LogP contribution < -0.4 is 0 Å². The van der Waals surface area contributed by atoms with E-state index >= 15 is 0 Å². The van der Waals surface area contributed by atoms with Crippen molar-refractivity contribution in [2.24, 2.45) is 0 Å². The molecule has 1 rings (SSSR count). The van der Waals surface area contributed by atoms with E-state index in [0.29, 0.717) is 0 Å². The first kappa shape index (κ1) is 14.7. The molecule has 0 saturated heterocycles. The lowest BCUT2D eigenvalue weighted by Gasteiger charge is -2.15. The molecule has 96 valence electrons. The maximum atomic E-state index is 10.2. The van der Waals surface area contributed by atoms with Crippen molar-refractivity contribution in [1.29, 1.82) is 0 Å². The van der Waals surface area contributed by atoms with Crippen molar-refractivity contribution in [3.05, 3.63) is 33.3 Å². The molecular weight excluding hydrogens is 276 g/mol. The molecule has 1 aromatic carbocycles. The van der Waals surface area contributed by atoms with Crippen molar-refractivity contribution < 1.29 is 5.11 Å². The molecule has 0 aliphatic heterocycles. The van der Waals surface area contributed by atoms with Crippen LogP contribution in [0.5, 0.6) is 0 Å². The van der Waals surface area contributed by atoms with Crippen molar-refractivity contribution in [3.63, 3.8) is 0 Å². The topological polar surface area (TPSA) is 20.2 Å². The minimum Gasteiger partial charge on any atom is -0.388 e. The van der Waals surface area contributed by atoms with E-state index in [2.05, 4.69) is 48.8 Å². The molecule has 1 atom stereocenters. The number of hydrogen-bond donors (Lipinski definition) is 1. The van der Waals surface area contributed by atoms with Crippen LogP contribution in [0.1, 0.15) is 61.8 Å². The Morgan fingerprint density at radius 3 is 2.47 bits per heavy atom. The number of hydrogen-bond acceptors (Lipinski definition) is 1. The van der Waals surface area contributed by atoms with Crippen LogP contribution in [-0.4, -0.2) is 5.11 Å².